The first kappa shape index (κ1) is 81.2. The maximum absolute atomic E-state index is 12.8. The molecule has 0 bridgehead atoms. The Balaban J connectivity index is 3.90. The van der Waals surface area contributed by atoms with Gasteiger partial charge in [-0.05, 0) is 109 Å². The number of unbranched alkanes of at least 4 members (excludes halogenated alkanes) is 29. The number of rotatable bonds is 64. The van der Waals surface area contributed by atoms with Crippen LogP contribution in [0.5, 0.6) is 0 Å². The van der Waals surface area contributed by atoms with Crippen LogP contribution in [0.3, 0.4) is 0 Å². The van der Waals surface area contributed by atoms with Gasteiger partial charge in [0.25, 0.3) is 0 Å². The van der Waals surface area contributed by atoms with Crippen LogP contribution in [0, 0.1) is 0 Å². The molecule has 0 amide bonds. The number of hydrogen-bond donors (Lipinski definition) is 2. The lowest BCUT2D eigenvalue weighted by atomic mass is 10.0. The van der Waals surface area contributed by atoms with Crippen molar-refractivity contribution in [3.63, 3.8) is 0 Å². The number of hydrogen-bond acceptors (Lipinski definition) is 8. The van der Waals surface area contributed by atoms with Gasteiger partial charge in [-0.1, -0.05) is 308 Å². The molecule has 486 valence electrons. The van der Waals surface area contributed by atoms with Gasteiger partial charge in [-0.2, -0.15) is 0 Å². The third-order valence-corrected chi connectivity index (χ3v) is 15.5. The number of phosphoric acid groups is 1. The van der Waals surface area contributed by atoms with Gasteiger partial charge in [-0.3, -0.25) is 18.6 Å². The van der Waals surface area contributed by atoms with E-state index in [0.29, 0.717) is 6.42 Å². The molecule has 0 saturated carbocycles. The molecule has 0 rings (SSSR count). The van der Waals surface area contributed by atoms with Crippen LogP contribution in [0.15, 0.2) is 134 Å². The lowest BCUT2D eigenvalue weighted by Gasteiger charge is -2.19. The fourth-order valence-corrected chi connectivity index (χ4v) is 10.3. The molecule has 9 nitrogen and oxygen atoms in total. The summed E-state index contributed by atoms with van der Waals surface area (Å²) in [4.78, 5) is 35.4. The molecule has 0 aliphatic rings. The Morgan fingerprint density at radius 3 is 0.906 bits per heavy atom. The summed E-state index contributed by atoms with van der Waals surface area (Å²) in [6.07, 6.45) is 98.3. The number of phosphoric ester groups is 1. The van der Waals surface area contributed by atoms with Crippen LogP contribution in [-0.2, 0) is 32.7 Å². The van der Waals surface area contributed by atoms with Crippen LogP contribution in [0.4, 0.5) is 0 Å². The van der Waals surface area contributed by atoms with Gasteiger partial charge in [0, 0.05) is 19.4 Å². The number of allylic oxidation sites excluding steroid dienone is 22. The summed E-state index contributed by atoms with van der Waals surface area (Å²) in [6, 6.07) is 0. The highest BCUT2D eigenvalue weighted by Gasteiger charge is 2.26. The maximum Gasteiger partial charge on any atom is 0.472 e. The summed E-state index contributed by atoms with van der Waals surface area (Å²) in [5, 5.41) is 0. The first-order chi connectivity index (χ1) is 41.8. The highest BCUT2D eigenvalue weighted by molar-refractivity contribution is 7.47. The van der Waals surface area contributed by atoms with Crippen molar-refractivity contribution in [3.8, 4) is 0 Å². The Hall–Kier alpha value is -3.85. The molecule has 10 heteroatoms. The van der Waals surface area contributed by atoms with Crippen molar-refractivity contribution in [2.24, 2.45) is 5.73 Å². The lowest BCUT2D eigenvalue weighted by Crippen LogP contribution is -2.29. The fourth-order valence-electron chi connectivity index (χ4n) is 9.49. The quantitative estimate of drug-likeness (QED) is 0.0264. The average Bonchev–Trinajstić information content (AvgIpc) is 3.52. The smallest absolute Gasteiger partial charge is 0.462 e. The lowest BCUT2D eigenvalue weighted by molar-refractivity contribution is -0.161. The van der Waals surface area contributed by atoms with Gasteiger partial charge in [0.05, 0.1) is 13.2 Å². The number of nitrogens with two attached hydrogens (primary N) is 1. The minimum absolute atomic E-state index is 0.0464. The molecule has 0 spiro atoms. The van der Waals surface area contributed by atoms with Crippen LogP contribution in [0.1, 0.15) is 296 Å². The van der Waals surface area contributed by atoms with Crippen molar-refractivity contribution in [2.45, 2.75) is 302 Å². The standard InChI is InChI=1S/C75H128NO8P/c1-3-5-7-9-11-13-15-17-19-21-23-25-27-29-31-33-34-35-36-37-38-40-41-43-45-47-49-51-53-55-57-59-61-63-65-67-74(77)81-71-73(72-83-85(79,80)82-70-69-76)84-75(78)68-66-64-62-60-58-56-54-52-50-48-46-44-42-39-32-30-28-26-24-22-20-18-16-14-12-10-8-6-4-2/h5-8,11-14,17-20,23-26,30,32,42,44,48,50,73H,3-4,9-10,15-16,21-22,27-29,31,33-41,43,45-47,49,51-72,76H2,1-2H3,(H,79,80)/b7-5-,8-6-,13-11-,14-12-,19-17-,20-18-,25-23-,26-24-,32-30-,44-42-,50-48-. The molecule has 0 aromatic carbocycles. The molecular weight excluding hydrogens is 1070 g/mol. The molecule has 0 aromatic heterocycles. The topological polar surface area (TPSA) is 134 Å². The van der Waals surface area contributed by atoms with Crippen molar-refractivity contribution < 1.29 is 37.6 Å². The van der Waals surface area contributed by atoms with Gasteiger partial charge in [0.2, 0.25) is 0 Å². The second-order valence-corrected chi connectivity index (χ2v) is 24.1. The molecular formula is C75H128NO8P. The Labute approximate surface area is 523 Å². The average molecular weight is 1200 g/mol. The van der Waals surface area contributed by atoms with Crippen molar-refractivity contribution >= 4 is 19.8 Å². The van der Waals surface area contributed by atoms with Gasteiger partial charge in [-0.15, -0.1) is 0 Å². The predicted molar refractivity (Wildman–Crippen MR) is 367 cm³/mol. The largest absolute Gasteiger partial charge is 0.472 e. The molecule has 85 heavy (non-hydrogen) atoms. The van der Waals surface area contributed by atoms with Crippen LogP contribution in [0.25, 0.3) is 0 Å². The molecule has 0 radical (unpaired) electrons. The van der Waals surface area contributed by atoms with E-state index in [9.17, 15) is 19.0 Å². The molecule has 3 N–H and O–H groups in total. The van der Waals surface area contributed by atoms with Gasteiger partial charge in [0.15, 0.2) is 6.10 Å². The van der Waals surface area contributed by atoms with Crippen LogP contribution >= 0.6 is 7.82 Å². The number of ether oxygens (including phenoxy) is 2. The Bertz CT molecular complexity index is 1860. The Kier molecular flexibility index (Phi) is 66.1. The first-order valence-electron chi connectivity index (χ1n) is 34.7. The summed E-state index contributed by atoms with van der Waals surface area (Å²) in [5.41, 5.74) is 5.40. The number of esters is 2. The number of carbonyl (C=O) groups excluding carboxylic acids is 2. The van der Waals surface area contributed by atoms with E-state index in [0.717, 1.165) is 116 Å². The Morgan fingerprint density at radius 2 is 0.612 bits per heavy atom. The fraction of sp³-hybridized carbons (Fsp3) is 0.680. The molecule has 0 aliphatic heterocycles. The SMILES string of the molecule is CC/C=C\C/C=C\C/C=C\C/C=C\C/C=C\C/C=C\C/C=C\CCCCCCCCCC(=O)OC(COC(=O)CCCCCCCCCCCCCCCCCCCCCCCC/C=C\C/C=C\C/C=C\C/C=C\CC)COP(=O)(O)OCCN. The van der Waals surface area contributed by atoms with Gasteiger partial charge < -0.3 is 20.1 Å². The third kappa shape index (κ3) is 69.1. The second-order valence-electron chi connectivity index (χ2n) is 22.6. The molecule has 2 atom stereocenters. The monoisotopic (exact) mass is 1200 g/mol. The normalized spacial score (nSPS) is 13.8. The second kappa shape index (κ2) is 69.3. The predicted octanol–water partition coefficient (Wildman–Crippen LogP) is 22.9. The van der Waals surface area contributed by atoms with E-state index in [1.54, 1.807) is 0 Å². The summed E-state index contributed by atoms with van der Waals surface area (Å²) in [6.45, 7) is 3.52. The van der Waals surface area contributed by atoms with E-state index in [4.69, 9.17) is 24.3 Å². The Morgan fingerprint density at radius 1 is 0.353 bits per heavy atom. The highest BCUT2D eigenvalue weighted by atomic mass is 31.2. The van der Waals surface area contributed by atoms with E-state index < -0.39 is 26.5 Å². The molecule has 0 saturated heterocycles. The molecule has 0 heterocycles. The first-order valence-corrected chi connectivity index (χ1v) is 36.2. The van der Waals surface area contributed by atoms with Crippen molar-refractivity contribution in [3.05, 3.63) is 134 Å². The van der Waals surface area contributed by atoms with Crippen LogP contribution in [0.2, 0.25) is 0 Å². The molecule has 0 fully saturated rings. The molecule has 0 aromatic rings. The van der Waals surface area contributed by atoms with Crippen molar-refractivity contribution in [1.29, 1.82) is 0 Å². The van der Waals surface area contributed by atoms with Crippen LogP contribution < -0.4 is 5.73 Å². The van der Waals surface area contributed by atoms with E-state index in [1.165, 1.54) is 148 Å². The van der Waals surface area contributed by atoms with Crippen LogP contribution in [-0.4, -0.2) is 49.3 Å². The minimum atomic E-state index is -4.40. The zero-order valence-electron chi connectivity index (χ0n) is 54.5. The van der Waals surface area contributed by atoms with E-state index in [1.807, 2.05) is 0 Å². The zero-order chi connectivity index (χ0) is 61.6. The summed E-state index contributed by atoms with van der Waals surface area (Å²) in [7, 11) is -4.40. The third-order valence-electron chi connectivity index (χ3n) is 14.5. The summed E-state index contributed by atoms with van der Waals surface area (Å²) < 4.78 is 33.2. The van der Waals surface area contributed by atoms with Crippen molar-refractivity contribution in [1.82, 2.24) is 0 Å². The summed E-state index contributed by atoms with van der Waals surface area (Å²) in [5.74, 6) is -0.838. The zero-order valence-corrected chi connectivity index (χ0v) is 55.4. The summed E-state index contributed by atoms with van der Waals surface area (Å²) >= 11 is 0. The van der Waals surface area contributed by atoms with E-state index in [-0.39, 0.29) is 38.6 Å². The van der Waals surface area contributed by atoms with Gasteiger partial charge in [-0.25, -0.2) is 4.57 Å². The number of carbonyl (C=O) groups is 2. The van der Waals surface area contributed by atoms with Crippen molar-refractivity contribution in [2.75, 3.05) is 26.4 Å². The van der Waals surface area contributed by atoms with Gasteiger partial charge >= 0.3 is 19.8 Å². The minimum Gasteiger partial charge on any atom is -0.462 e. The molecule has 2 unspecified atom stereocenters. The highest BCUT2D eigenvalue weighted by Crippen LogP contribution is 2.43. The van der Waals surface area contributed by atoms with Gasteiger partial charge in [0.1, 0.15) is 6.61 Å². The maximum atomic E-state index is 12.8. The molecule has 0 aliphatic carbocycles. The van der Waals surface area contributed by atoms with E-state index >= 15 is 0 Å². The van der Waals surface area contributed by atoms with E-state index in [2.05, 4.69) is 148 Å².